The molecule has 1 aliphatic heterocycles. The lowest BCUT2D eigenvalue weighted by Gasteiger charge is -2.26. The molecule has 1 unspecified atom stereocenters. The van der Waals surface area contributed by atoms with Crippen molar-refractivity contribution in [1.82, 2.24) is 4.90 Å². The molecular weight excluding hydrogens is 442 g/mol. The summed E-state index contributed by atoms with van der Waals surface area (Å²) in [6.45, 7) is 8.60. The minimum Gasteiger partial charge on any atom is -0.507 e. The molecular formula is C26H30ClNO5. The molecule has 0 radical (unpaired) electrons. The summed E-state index contributed by atoms with van der Waals surface area (Å²) in [6, 6.07) is 11.8. The summed E-state index contributed by atoms with van der Waals surface area (Å²) in [5.41, 5.74) is 2.28. The third-order valence-corrected chi connectivity index (χ3v) is 5.84. The van der Waals surface area contributed by atoms with Gasteiger partial charge < -0.3 is 19.5 Å². The maximum atomic E-state index is 13.1. The lowest BCUT2D eigenvalue weighted by atomic mass is 9.94. The largest absolute Gasteiger partial charge is 0.507 e. The lowest BCUT2D eigenvalue weighted by molar-refractivity contribution is -0.140. The number of carbonyl (C=O) groups is 2. The van der Waals surface area contributed by atoms with E-state index in [1.807, 2.05) is 45.0 Å². The lowest BCUT2D eigenvalue weighted by Crippen LogP contribution is -2.33. The number of hydrogen-bond acceptors (Lipinski definition) is 5. The zero-order chi connectivity index (χ0) is 24.1. The fourth-order valence-electron chi connectivity index (χ4n) is 3.85. The van der Waals surface area contributed by atoms with Crippen molar-refractivity contribution in [2.45, 2.75) is 46.3 Å². The Hall–Kier alpha value is -2.83. The summed E-state index contributed by atoms with van der Waals surface area (Å²) in [7, 11) is 0. The van der Waals surface area contributed by atoms with Gasteiger partial charge in [0.2, 0.25) is 0 Å². The van der Waals surface area contributed by atoms with E-state index in [1.165, 1.54) is 4.90 Å². The normalized spacial score (nSPS) is 17.8. The highest BCUT2D eigenvalue weighted by atomic mass is 35.5. The summed E-state index contributed by atoms with van der Waals surface area (Å²) in [6.07, 6.45) is 0.864. The van der Waals surface area contributed by atoms with Gasteiger partial charge >= 0.3 is 0 Å². The van der Waals surface area contributed by atoms with Crippen LogP contribution in [-0.4, -0.2) is 47.6 Å². The molecule has 6 nitrogen and oxygen atoms in total. The molecule has 7 heteroatoms. The molecule has 2 aromatic rings. The summed E-state index contributed by atoms with van der Waals surface area (Å²) >= 11 is 6.18. The molecule has 3 rings (SSSR count). The molecule has 0 aliphatic carbocycles. The number of ketones is 1. The predicted molar refractivity (Wildman–Crippen MR) is 129 cm³/mol. The number of ether oxygens (including phenoxy) is 2. The molecule has 1 fully saturated rings. The van der Waals surface area contributed by atoms with Crippen LogP contribution in [0.5, 0.6) is 5.75 Å². The van der Waals surface area contributed by atoms with Gasteiger partial charge in [-0.3, -0.25) is 9.59 Å². The molecule has 1 heterocycles. The molecule has 2 aromatic carbocycles. The Kier molecular flexibility index (Phi) is 8.16. The predicted octanol–water partition coefficient (Wildman–Crippen LogP) is 5.15. The first-order valence-electron chi connectivity index (χ1n) is 11.2. The Morgan fingerprint density at radius 3 is 2.42 bits per heavy atom. The third-order valence-electron chi connectivity index (χ3n) is 5.53. The van der Waals surface area contributed by atoms with E-state index in [0.29, 0.717) is 22.9 Å². The number of amides is 1. The standard InChI is InChI=1S/C26H30ClNO5/c1-5-17-7-9-18(10-8-17)23-22(25(30)26(31)28(23)13-14-33-16(3)4)24(29)19-11-12-20(27)21(15-19)32-6-2/h7-12,15-16,23,29H,5-6,13-14H2,1-4H3/b24-22-. The van der Waals surface area contributed by atoms with Crippen LogP contribution in [0.2, 0.25) is 5.02 Å². The Balaban J connectivity index is 2.10. The van der Waals surface area contributed by atoms with Crippen LogP contribution < -0.4 is 4.74 Å². The number of Topliss-reactive ketones (excluding diaryl/α,β-unsaturated/α-hetero) is 1. The molecule has 176 valence electrons. The zero-order valence-electron chi connectivity index (χ0n) is 19.4. The van der Waals surface area contributed by atoms with E-state index in [-0.39, 0.29) is 30.6 Å². The Bertz CT molecular complexity index is 1050. The number of rotatable bonds is 9. The van der Waals surface area contributed by atoms with E-state index in [9.17, 15) is 14.7 Å². The molecule has 1 atom stereocenters. The van der Waals surface area contributed by atoms with Crippen molar-refractivity contribution >= 4 is 29.1 Å². The number of benzene rings is 2. The highest BCUT2D eigenvalue weighted by Gasteiger charge is 2.45. The second-order valence-electron chi connectivity index (χ2n) is 8.09. The average Bonchev–Trinajstić information content (AvgIpc) is 3.05. The van der Waals surface area contributed by atoms with Gasteiger partial charge in [-0.15, -0.1) is 0 Å². The van der Waals surface area contributed by atoms with Crippen molar-refractivity contribution in [2.24, 2.45) is 0 Å². The quantitative estimate of drug-likeness (QED) is 0.311. The Morgan fingerprint density at radius 1 is 1.12 bits per heavy atom. The van der Waals surface area contributed by atoms with E-state index in [4.69, 9.17) is 21.1 Å². The van der Waals surface area contributed by atoms with Crippen molar-refractivity contribution < 1.29 is 24.2 Å². The highest BCUT2D eigenvalue weighted by Crippen LogP contribution is 2.40. The second-order valence-corrected chi connectivity index (χ2v) is 8.49. The first-order valence-corrected chi connectivity index (χ1v) is 11.6. The Labute approximate surface area is 199 Å². The van der Waals surface area contributed by atoms with E-state index >= 15 is 0 Å². The molecule has 1 saturated heterocycles. The van der Waals surface area contributed by atoms with Crippen LogP contribution >= 0.6 is 11.6 Å². The molecule has 0 bridgehead atoms. The average molecular weight is 472 g/mol. The first-order chi connectivity index (χ1) is 15.8. The van der Waals surface area contributed by atoms with Gasteiger partial charge in [-0.1, -0.05) is 42.8 Å². The van der Waals surface area contributed by atoms with Crippen molar-refractivity contribution in [3.8, 4) is 5.75 Å². The topological polar surface area (TPSA) is 76.1 Å². The minimum absolute atomic E-state index is 0.00448. The van der Waals surface area contributed by atoms with Gasteiger partial charge in [0.05, 0.1) is 36.0 Å². The number of nitrogens with zero attached hydrogens (tertiary/aromatic N) is 1. The third kappa shape index (κ3) is 5.40. The second kappa shape index (κ2) is 10.9. The van der Waals surface area contributed by atoms with E-state index < -0.39 is 17.7 Å². The number of aryl methyl sites for hydroxylation is 1. The molecule has 1 N–H and O–H groups in total. The molecule has 0 saturated carbocycles. The fraction of sp³-hybridized carbons (Fsp3) is 0.385. The number of aliphatic hydroxyl groups excluding tert-OH is 1. The van der Waals surface area contributed by atoms with Gasteiger partial charge in [0.1, 0.15) is 11.5 Å². The van der Waals surface area contributed by atoms with Gasteiger partial charge in [0.15, 0.2) is 0 Å². The number of likely N-dealkylation sites (tertiary alicyclic amines) is 1. The van der Waals surface area contributed by atoms with Gasteiger partial charge in [0, 0.05) is 12.1 Å². The fourth-order valence-corrected chi connectivity index (χ4v) is 4.02. The number of aliphatic hydroxyl groups is 1. The number of halogens is 1. The van der Waals surface area contributed by atoms with Crippen LogP contribution in [0.1, 0.15) is 50.4 Å². The SMILES string of the molecule is CCOc1cc(/C(O)=C2/C(=O)C(=O)N(CCOC(C)C)C2c2ccc(CC)cc2)ccc1Cl. The number of hydrogen-bond donors (Lipinski definition) is 1. The van der Waals surface area contributed by atoms with Crippen LogP contribution in [0, 0.1) is 0 Å². The van der Waals surface area contributed by atoms with Crippen molar-refractivity contribution in [3.05, 3.63) is 69.8 Å². The van der Waals surface area contributed by atoms with Crippen LogP contribution in [0.15, 0.2) is 48.0 Å². The summed E-state index contributed by atoms with van der Waals surface area (Å²) in [5.74, 6) is -1.25. The number of carbonyl (C=O) groups excluding carboxylic acids is 2. The maximum absolute atomic E-state index is 13.1. The van der Waals surface area contributed by atoms with E-state index in [2.05, 4.69) is 6.92 Å². The van der Waals surface area contributed by atoms with E-state index in [1.54, 1.807) is 18.2 Å². The van der Waals surface area contributed by atoms with Crippen molar-refractivity contribution in [1.29, 1.82) is 0 Å². The van der Waals surface area contributed by atoms with Crippen LogP contribution in [-0.2, 0) is 20.7 Å². The van der Waals surface area contributed by atoms with Crippen molar-refractivity contribution in [2.75, 3.05) is 19.8 Å². The Morgan fingerprint density at radius 2 is 1.82 bits per heavy atom. The highest BCUT2D eigenvalue weighted by molar-refractivity contribution is 6.46. The molecule has 0 aromatic heterocycles. The molecule has 0 spiro atoms. The van der Waals surface area contributed by atoms with Gasteiger partial charge in [-0.25, -0.2) is 0 Å². The van der Waals surface area contributed by atoms with Crippen LogP contribution in [0.3, 0.4) is 0 Å². The molecule has 33 heavy (non-hydrogen) atoms. The minimum atomic E-state index is -0.727. The summed E-state index contributed by atoms with van der Waals surface area (Å²) < 4.78 is 11.2. The monoisotopic (exact) mass is 471 g/mol. The molecule has 1 aliphatic rings. The van der Waals surface area contributed by atoms with Gasteiger partial charge in [-0.2, -0.15) is 0 Å². The summed E-state index contributed by atoms with van der Waals surface area (Å²) in [5, 5.41) is 11.6. The van der Waals surface area contributed by atoms with Crippen LogP contribution in [0.25, 0.3) is 5.76 Å². The molecule has 1 amide bonds. The smallest absolute Gasteiger partial charge is 0.295 e. The maximum Gasteiger partial charge on any atom is 0.295 e. The van der Waals surface area contributed by atoms with Crippen LogP contribution in [0.4, 0.5) is 0 Å². The first kappa shape index (κ1) is 24.8. The van der Waals surface area contributed by atoms with Gasteiger partial charge in [-0.05, 0) is 56.5 Å². The van der Waals surface area contributed by atoms with Crippen molar-refractivity contribution in [3.63, 3.8) is 0 Å². The van der Waals surface area contributed by atoms with Gasteiger partial charge in [0.25, 0.3) is 11.7 Å². The zero-order valence-corrected chi connectivity index (χ0v) is 20.2. The van der Waals surface area contributed by atoms with E-state index in [0.717, 1.165) is 17.5 Å². The summed E-state index contributed by atoms with van der Waals surface area (Å²) in [4.78, 5) is 27.6.